The van der Waals surface area contributed by atoms with Crippen LogP contribution in [0.4, 0.5) is 14.5 Å². The molecule has 0 aliphatic rings. The van der Waals surface area contributed by atoms with E-state index in [1.807, 2.05) is 0 Å². The second kappa shape index (κ2) is 7.49. The van der Waals surface area contributed by atoms with Gasteiger partial charge in [-0.2, -0.15) is 0 Å². The number of halogens is 2. The predicted molar refractivity (Wildman–Crippen MR) is 82.5 cm³/mol. The lowest BCUT2D eigenvalue weighted by molar-refractivity contribution is -0.133. The van der Waals surface area contributed by atoms with Crippen molar-refractivity contribution in [3.05, 3.63) is 65.7 Å². The number of anilines is 1. The molecule has 2 amide bonds. The molecule has 2 aromatic rings. The molecule has 0 aliphatic carbocycles. The molecule has 0 atom stereocenters. The first kappa shape index (κ1) is 16.6. The van der Waals surface area contributed by atoms with Crippen molar-refractivity contribution < 1.29 is 18.4 Å². The Morgan fingerprint density at radius 2 is 1.61 bits per heavy atom. The minimum Gasteiger partial charge on any atom is -0.329 e. The number of benzene rings is 2. The highest BCUT2D eigenvalue weighted by Crippen LogP contribution is 2.13. The van der Waals surface area contributed by atoms with E-state index in [1.54, 1.807) is 24.3 Å². The van der Waals surface area contributed by atoms with Crippen LogP contribution >= 0.6 is 0 Å². The van der Waals surface area contributed by atoms with Crippen molar-refractivity contribution >= 4 is 17.5 Å². The number of rotatable bonds is 5. The van der Waals surface area contributed by atoms with Gasteiger partial charge in [0, 0.05) is 19.0 Å². The molecule has 1 N–H and O–H groups in total. The molecule has 0 aromatic heterocycles. The SMILES string of the molecule is CC(=O)N(CC(=O)Nc1ccccc1F)Cc1ccccc1F. The van der Waals surface area contributed by atoms with Gasteiger partial charge in [0.05, 0.1) is 5.69 Å². The molecule has 2 aromatic carbocycles. The first-order chi connectivity index (χ1) is 11.0. The van der Waals surface area contributed by atoms with Gasteiger partial charge >= 0.3 is 0 Å². The highest BCUT2D eigenvalue weighted by molar-refractivity contribution is 5.94. The third-order valence-corrected chi connectivity index (χ3v) is 3.25. The van der Waals surface area contributed by atoms with Crippen molar-refractivity contribution in [2.75, 3.05) is 11.9 Å². The predicted octanol–water partition coefficient (Wildman–Crippen LogP) is 2.95. The highest BCUT2D eigenvalue weighted by atomic mass is 19.1. The number of hydrogen-bond acceptors (Lipinski definition) is 2. The molecule has 0 unspecified atom stereocenters. The second-order valence-electron chi connectivity index (χ2n) is 4.99. The summed E-state index contributed by atoms with van der Waals surface area (Å²) >= 11 is 0. The summed E-state index contributed by atoms with van der Waals surface area (Å²) in [6, 6.07) is 11.7. The summed E-state index contributed by atoms with van der Waals surface area (Å²) in [6.45, 7) is 0.960. The number of carbonyl (C=O) groups excluding carboxylic acids is 2. The van der Waals surface area contributed by atoms with Crippen LogP contribution < -0.4 is 5.32 Å². The van der Waals surface area contributed by atoms with Gasteiger partial charge in [0.15, 0.2) is 0 Å². The lowest BCUT2D eigenvalue weighted by Crippen LogP contribution is -2.36. The third-order valence-electron chi connectivity index (χ3n) is 3.25. The topological polar surface area (TPSA) is 49.4 Å². The van der Waals surface area contributed by atoms with Gasteiger partial charge in [-0.1, -0.05) is 30.3 Å². The van der Waals surface area contributed by atoms with Gasteiger partial charge in [0.2, 0.25) is 11.8 Å². The zero-order valence-corrected chi connectivity index (χ0v) is 12.6. The first-order valence-electron chi connectivity index (χ1n) is 7.00. The maximum Gasteiger partial charge on any atom is 0.244 e. The van der Waals surface area contributed by atoms with Crippen molar-refractivity contribution in [2.45, 2.75) is 13.5 Å². The van der Waals surface area contributed by atoms with Gasteiger partial charge in [0.1, 0.15) is 18.2 Å². The van der Waals surface area contributed by atoms with Crippen LogP contribution in [0.5, 0.6) is 0 Å². The maximum atomic E-state index is 13.7. The normalized spacial score (nSPS) is 10.2. The standard InChI is InChI=1S/C17H16F2N2O2/c1-12(22)21(10-13-6-2-3-7-14(13)18)11-17(23)20-16-9-5-4-8-15(16)19/h2-9H,10-11H2,1H3,(H,20,23). The Morgan fingerprint density at radius 1 is 1.00 bits per heavy atom. The molecule has 0 saturated carbocycles. The molecule has 23 heavy (non-hydrogen) atoms. The summed E-state index contributed by atoms with van der Waals surface area (Å²) in [7, 11) is 0. The van der Waals surface area contributed by atoms with E-state index in [2.05, 4.69) is 5.32 Å². The van der Waals surface area contributed by atoms with Crippen LogP contribution in [0.25, 0.3) is 0 Å². The van der Waals surface area contributed by atoms with E-state index in [0.29, 0.717) is 5.56 Å². The van der Waals surface area contributed by atoms with Crippen LogP contribution in [0.1, 0.15) is 12.5 Å². The van der Waals surface area contributed by atoms with Crippen LogP contribution in [-0.4, -0.2) is 23.3 Å². The third kappa shape index (κ3) is 4.60. The van der Waals surface area contributed by atoms with E-state index in [0.717, 1.165) is 0 Å². The van der Waals surface area contributed by atoms with Crippen molar-refractivity contribution in [2.24, 2.45) is 0 Å². The number of hydrogen-bond donors (Lipinski definition) is 1. The molecule has 0 saturated heterocycles. The molecule has 0 fully saturated rings. The quantitative estimate of drug-likeness (QED) is 0.921. The van der Waals surface area contributed by atoms with Crippen molar-refractivity contribution in [3.63, 3.8) is 0 Å². The van der Waals surface area contributed by atoms with Crippen molar-refractivity contribution in [1.82, 2.24) is 4.90 Å². The summed E-state index contributed by atoms with van der Waals surface area (Å²) in [5.74, 6) is -1.95. The van der Waals surface area contributed by atoms with Crippen LogP contribution in [0.15, 0.2) is 48.5 Å². The molecule has 0 heterocycles. The minimum atomic E-state index is -0.565. The molecule has 0 radical (unpaired) electrons. The summed E-state index contributed by atoms with van der Waals surface area (Å²) < 4.78 is 27.2. The Hall–Kier alpha value is -2.76. The van der Waals surface area contributed by atoms with E-state index in [-0.39, 0.29) is 24.7 Å². The Labute approximate surface area is 132 Å². The summed E-state index contributed by atoms with van der Waals surface area (Å²) in [6.07, 6.45) is 0. The Balaban J connectivity index is 2.05. The zero-order valence-electron chi connectivity index (χ0n) is 12.6. The largest absolute Gasteiger partial charge is 0.329 e. The minimum absolute atomic E-state index is 0.0342. The van der Waals surface area contributed by atoms with Gasteiger partial charge in [-0.25, -0.2) is 8.78 Å². The molecule has 120 valence electrons. The van der Waals surface area contributed by atoms with E-state index in [1.165, 1.54) is 36.1 Å². The van der Waals surface area contributed by atoms with E-state index >= 15 is 0 Å². The number of para-hydroxylation sites is 1. The molecular formula is C17H16F2N2O2. The van der Waals surface area contributed by atoms with Gasteiger partial charge < -0.3 is 10.2 Å². The van der Waals surface area contributed by atoms with Gasteiger partial charge in [-0.15, -0.1) is 0 Å². The van der Waals surface area contributed by atoms with Crippen molar-refractivity contribution in [1.29, 1.82) is 0 Å². The average Bonchev–Trinajstić information content (AvgIpc) is 2.51. The summed E-state index contributed by atoms with van der Waals surface area (Å²) in [5, 5.41) is 2.39. The van der Waals surface area contributed by atoms with E-state index in [9.17, 15) is 18.4 Å². The number of amides is 2. The van der Waals surface area contributed by atoms with E-state index < -0.39 is 17.5 Å². The maximum absolute atomic E-state index is 13.7. The average molecular weight is 318 g/mol. The van der Waals surface area contributed by atoms with Crippen LogP contribution in [-0.2, 0) is 16.1 Å². The Bertz CT molecular complexity index is 719. The van der Waals surface area contributed by atoms with E-state index in [4.69, 9.17) is 0 Å². The number of nitrogens with one attached hydrogen (secondary N) is 1. The fraction of sp³-hybridized carbons (Fsp3) is 0.176. The zero-order chi connectivity index (χ0) is 16.8. The monoisotopic (exact) mass is 318 g/mol. The molecule has 0 spiro atoms. The molecule has 2 rings (SSSR count). The van der Waals surface area contributed by atoms with Crippen molar-refractivity contribution in [3.8, 4) is 0 Å². The van der Waals surface area contributed by atoms with Crippen LogP contribution in [0.2, 0.25) is 0 Å². The number of carbonyl (C=O) groups is 2. The molecule has 4 nitrogen and oxygen atoms in total. The lowest BCUT2D eigenvalue weighted by Gasteiger charge is -2.21. The van der Waals surface area contributed by atoms with Crippen LogP contribution in [0.3, 0.4) is 0 Å². The fourth-order valence-electron chi connectivity index (χ4n) is 2.04. The molecule has 6 heteroatoms. The van der Waals surface area contributed by atoms with Gasteiger partial charge in [-0.3, -0.25) is 9.59 Å². The van der Waals surface area contributed by atoms with Gasteiger partial charge in [-0.05, 0) is 18.2 Å². The van der Waals surface area contributed by atoms with Crippen LogP contribution in [0, 0.1) is 11.6 Å². The number of nitrogens with zero attached hydrogens (tertiary/aromatic N) is 1. The summed E-state index contributed by atoms with van der Waals surface area (Å²) in [4.78, 5) is 24.8. The summed E-state index contributed by atoms with van der Waals surface area (Å²) in [5.41, 5.74) is 0.341. The highest BCUT2D eigenvalue weighted by Gasteiger charge is 2.16. The molecule has 0 bridgehead atoms. The lowest BCUT2D eigenvalue weighted by atomic mass is 10.2. The molecular weight excluding hydrogens is 302 g/mol. The first-order valence-corrected chi connectivity index (χ1v) is 7.00. The second-order valence-corrected chi connectivity index (χ2v) is 4.99. The fourth-order valence-corrected chi connectivity index (χ4v) is 2.04. The smallest absolute Gasteiger partial charge is 0.244 e. The Kier molecular flexibility index (Phi) is 5.41. The molecule has 0 aliphatic heterocycles. The van der Waals surface area contributed by atoms with Gasteiger partial charge in [0.25, 0.3) is 0 Å². The Morgan fingerprint density at radius 3 is 2.22 bits per heavy atom.